The molecule has 4 nitrogen and oxygen atoms in total. The molecule has 4 heteroatoms. The van der Waals surface area contributed by atoms with E-state index in [9.17, 15) is 4.79 Å². The number of anilines is 1. The zero-order chi connectivity index (χ0) is 14.4. The van der Waals surface area contributed by atoms with Gasteiger partial charge in [-0.25, -0.2) is 0 Å². The van der Waals surface area contributed by atoms with Gasteiger partial charge in [0.15, 0.2) is 0 Å². The average Bonchev–Trinajstić information content (AvgIpc) is 3.27. The van der Waals surface area contributed by atoms with Gasteiger partial charge in [0.05, 0.1) is 12.2 Å². The molecule has 2 aliphatic carbocycles. The Bertz CT molecular complexity index is 560. The minimum absolute atomic E-state index is 0.271. The minimum atomic E-state index is 0.271. The number of nitrogens with two attached hydrogens (primary N) is 1. The molecule has 112 valence electrons. The van der Waals surface area contributed by atoms with E-state index < -0.39 is 0 Å². The second-order valence-corrected chi connectivity index (χ2v) is 6.48. The summed E-state index contributed by atoms with van der Waals surface area (Å²) in [5.74, 6) is 2.70. The summed E-state index contributed by atoms with van der Waals surface area (Å²) in [5.41, 5.74) is 7.65. The first-order valence-corrected chi connectivity index (χ1v) is 8.07. The van der Waals surface area contributed by atoms with Crippen LogP contribution in [0.15, 0.2) is 18.2 Å². The smallest absolute Gasteiger partial charge is 0.230 e. The van der Waals surface area contributed by atoms with Crippen LogP contribution in [0, 0.1) is 17.8 Å². The molecule has 0 radical (unpaired) electrons. The van der Waals surface area contributed by atoms with Crippen LogP contribution in [0.5, 0.6) is 5.75 Å². The van der Waals surface area contributed by atoms with E-state index in [1.807, 2.05) is 23.1 Å². The minimum Gasteiger partial charge on any atom is -0.490 e. The van der Waals surface area contributed by atoms with Crippen molar-refractivity contribution in [2.75, 3.05) is 18.1 Å². The molecule has 21 heavy (non-hydrogen) atoms. The normalized spacial score (nSPS) is 30.1. The number of amides is 1. The third-order valence-corrected chi connectivity index (χ3v) is 5.33. The zero-order valence-corrected chi connectivity index (χ0v) is 12.3. The Morgan fingerprint density at radius 1 is 1.29 bits per heavy atom. The second-order valence-electron chi connectivity index (χ2n) is 6.48. The molecule has 1 amide bonds. The molecule has 0 bridgehead atoms. The fourth-order valence-electron chi connectivity index (χ4n) is 4.16. The summed E-state index contributed by atoms with van der Waals surface area (Å²) in [6, 6.07) is 5.95. The van der Waals surface area contributed by atoms with Crippen molar-refractivity contribution in [1.82, 2.24) is 0 Å². The number of hydrogen-bond donors (Lipinski definition) is 1. The van der Waals surface area contributed by atoms with E-state index in [1.54, 1.807) is 0 Å². The largest absolute Gasteiger partial charge is 0.490 e. The quantitative estimate of drug-likeness (QED) is 0.907. The molecule has 2 saturated carbocycles. The number of rotatable bonds is 2. The number of fused-ring (bicyclic) bond motifs is 2. The van der Waals surface area contributed by atoms with Crippen molar-refractivity contribution in [2.45, 2.75) is 32.2 Å². The molecule has 3 atom stereocenters. The number of carbonyl (C=O) groups excluding carboxylic acids is 1. The van der Waals surface area contributed by atoms with Gasteiger partial charge in [-0.05, 0) is 42.4 Å². The van der Waals surface area contributed by atoms with Crippen LogP contribution in [-0.4, -0.2) is 19.1 Å². The highest BCUT2D eigenvalue weighted by Gasteiger charge is 2.56. The maximum absolute atomic E-state index is 12.9. The highest BCUT2D eigenvalue weighted by Crippen LogP contribution is 2.56. The van der Waals surface area contributed by atoms with Gasteiger partial charge in [-0.3, -0.25) is 4.79 Å². The highest BCUT2D eigenvalue weighted by atomic mass is 16.5. The van der Waals surface area contributed by atoms with Gasteiger partial charge in [0.25, 0.3) is 0 Å². The van der Waals surface area contributed by atoms with Crippen LogP contribution in [0.25, 0.3) is 0 Å². The fraction of sp³-hybridized carbons (Fsp3) is 0.588. The molecule has 0 saturated heterocycles. The molecule has 4 rings (SSSR count). The fourth-order valence-corrected chi connectivity index (χ4v) is 4.16. The van der Waals surface area contributed by atoms with Crippen molar-refractivity contribution in [3.8, 4) is 5.75 Å². The summed E-state index contributed by atoms with van der Waals surface area (Å²) >= 11 is 0. The maximum Gasteiger partial charge on any atom is 0.230 e. The molecule has 0 spiro atoms. The number of nitrogens with zero attached hydrogens (tertiary/aromatic N) is 1. The first kappa shape index (κ1) is 13.1. The first-order chi connectivity index (χ1) is 10.3. The summed E-state index contributed by atoms with van der Waals surface area (Å²) in [4.78, 5) is 14.8. The number of carbonyl (C=O) groups is 1. The molecule has 1 heterocycles. The SMILES string of the molecule is NCc1ccc2c(c1)OCCN2C(=O)C1[C@H]2CCCC[C@@H]12. The number of hydrogen-bond acceptors (Lipinski definition) is 3. The van der Waals surface area contributed by atoms with Gasteiger partial charge < -0.3 is 15.4 Å². The van der Waals surface area contributed by atoms with Gasteiger partial charge >= 0.3 is 0 Å². The topological polar surface area (TPSA) is 55.6 Å². The lowest BCUT2D eigenvalue weighted by molar-refractivity contribution is -0.120. The zero-order valence-electron chi connectivity index (χ0n) is 12.3. The lowest BCUT2D eigenvalue weighted by Gasteiger charge is -2.30. The van der Waals surface area contributed by atoms with Gasteiger partial charge in [0, 0.05) is 12.5 Å². The maximum atomic E-state index is 12.9. The molecule has 1 aromatic carbocycles. The van der Waals surface area contributed by atoms with E-state index in [0.717, 1.165) is 17.0 Å². The molecule has 0 aromatic heterocycles. The van der Waals surface area contributed by atoms with Crippen molar-refractivity contribution >= 4 is 11.6 Å². The standard InChI is InChI=1S/C17H22N2O2/c18-10-11-5-6-14-15(9-11)21-8-7-19(14)17(20)16-12-3-1-2-4-13(12)16/h5-6,9,12-13,16H,1-4,7-8,10,18H2/t12-,13+,16?. The Morgan fingerprint density at radius 3 is 2.76 bits per heavy atom. The Kier molecular flexibility index (Phi) is 3.14. The molecular weight excluding hydrogens is 264 g/mol. The highest BCUT2D eigenvalue weighted by molar-refractivity contribution is 5.98. The van der Waals surface area contributed by atoms with E-state index in [2.05, 4.69) is 0 Å². The third kappa shape index (κ3) is 2.13. The van der Waals surface area contributed by atoms with Crippen LogP contribution in [0.4, 0.5) is 5.69 Å². The van der Waals surface area contributed by atoms with E-state index in [-0.39, 0.29) is 5.92 Å². The van der Waals surface area contributed by atoms with E-state index >= 15 is 0 Å². The van der Waals surface area contributed by atoms with Gasteiger partial charge in [-0.15, -0.1) is 0 Å². The van der Waals surface area contributed by atoms with Crippen molar-refractivity contribution in [3.63, 3.8) is 0 Å². The summed E-state index contributed by atoms with van der Waals surface area (Å²) in [6.07, 6.45) is 5.07. The first-order valence-electron chi connectivity index (χ1n) is 8.07. The van der Waals surface area contributed by atoms with Crippen LogP contribution in [-0.2, 0) is 11.3 Å². The molecule has 1 aromatic rings. The third-order valence-electron chi connectivity index (χ3n) is 5.33. The molecule has 1 aliphatic heterocycles. The van der Waals surface area contributed by atoms with Crippen LogP contribution in [0.2, 0.25) is 0 Å². The lowest BCUT2D eigenvalue weighted by atomic mass is 10.0. The van der Waals surface area contributed by atoms with Crippen molar-refractivity contribution in [1.29, 1.82) is 0 Å². The van der Waals surface area contributed by atoms with Crippen LogP contribution in [0.1, 0.15) is 31.2 Å². The van der Waals surface area contributed by atoms with Crippen LogP contribution >= 0.6 is 0 Å². The van der Waals surface area contributed by atoms with Crippen LogP contribution in [0.3, 0.4) is 0 Å². The van der Waals surface area contributed by atoms with Gasteiger partial charge in [0.1, 0.15) is 12.4 Å². The Hall–Kier alpha value is -1.55. The predicted molar refractivity (Wildman–Crippen MR) is 81.1 cm³/mol. The van der Waals surface area contributed by atoms with Crippen molar-refractivity contribution in [2.24, 2.45) is 23.5 Å². The van der Waals surface area contributed by atoms with E-state index in [4.69, 9.17) is 10.5 Å². The molecule has 3 aliphatic rings. The molecule has 2 N–H and O–H groups in total. The molecule has 2 fully saturated rings. The van der Waals surface area contributed by atoms with E-state index in [0.29, 0.717) is 37.4 Å². The number of ether oxygens (including phenoxy) is 1. The Labute approximate surface area is 125 Å². The van der Waals surface area contributed by atoms with Crippen molar-refractivity contribution < 1.29 is 9.53 Å². The summed E-state index contributed by atoms with van der Waals surface area (Å²) in [6.45, 7) is 1.75. The van der Waals surface area contributed by atoms with Crippen molar-refractivity contribution in [3.05, 3.63) is 23.8 Å². The summed E-state index contributed by atoms with van der Waals surface area (Å²) < 4.78 is 5.72. The average molecular weight is 286 g/mol. The summed E-state index contributed by atoms with van der Waals surface area (Å²) in [7, 11) is 0. The monoisotopic (exact) mass is 286 g/mol. The molecule has 1 unspecified atom stereocenters. The van der Waals surface area contributed by atoms with Gasteiger partial charge in [0.2, 0.25) is 5.91 Å². The van der Waals surface area contributed by atoms with Gasteiger partial charge in [-0.1, -0.05) is 18.9 Å². The molecular formula is C17H22N2O2. The lowest BCUT2D eigenvalue weighted by Crippen LogP contribution is -2.39. The number of benzene rings is 1. The Balaban J connectivity index is 1.58. The van der Waals surface area contributed by atoms with Crippen LogP contribution < -0.4 is 15.4 Å². The van der Waals surface area contributed by atoms with E-state index in [1.165, 1.54) is 25.7 Å². The van der Waals surface area contributed by atoms with Gasteiger partial charge in [-0.2, -0.15) is 0 Å². The second kappa shape index (κ2) is 5.02. The predicted octanol–water partition coefficient (Wildman–Crippen LogP) is 2.31. The summed E-state index contributed by atoms with van der Waals surface area (Å²) in [5, 5.41) is 0. The Morgan fingerprint density at radius 2 is 2.05 bits per heavy atom.